The Labute approximate surface area is 125 Å². The lowest BCUT2D eigenvalue weighted by Crippen LogP contribution is -2.47. The Kier molecular flexibility index (Phi) is 6.96. The van der Waals surface area contributed by atoms with Gasteiger partial charge in [0.2, 0.25) is 5.91 Å². The summed E-state index contributed by atoms with van der Waals surface area (Å²) in [7, 11) is 0. The Bertz CT molecular complexity index is 447. The number of rotatable bonds is 4. The van der Waals surface area contributed by atoms with Crippen molar-refractivity contribution in [2.45, 2.75) is 38.6 Å². The van der Waals surface area contributed by atoms with Crippen LogP contribution in [0.3, 0.4) is 0 Å². The van der Waals surface area contributed by atoms with Gasteiger partial charge in [0.1, 0.15) is 5.82 Å². The smallest absolute Gasteiger partial charge is 0.237 e. The number of nitrogens with one attached hydrogen (secondary N) is 2. The third-order valence-corrected chi connectivity index (χ3v) is 3.63. The molecule has 112 valence electrons. The van der Waals surface area contributed by atoms with Gasteiger partial charge in [-0.1, -0.05) is 12.5 Å². The minimum Gasteiger partial charge on any atom is -0.354 e. The lowest BCUT2D eigenvalue weighted by Gasteiger charge is -2.22. The first-order valence-electron chi connectivity index (χ1n) is 6.93. The van der Waals surface area contributed by atoms with E-state index in [2.05, 4.69) is 10.6 Å². The van der Waals surface area contributed by atoms with Crippen LogP contribution in [0, 0.1) is 12.7 Å². The predicted molar refractivity (Wildman–Crippen MR) is 80.7 cm³/mol. The van der Waals surface area contributed by atoms with E-state index in [9.17, 15) is 9.18 Å². The number of benzene rings is 1. The van der Waals surface area contributed by atoms with Crippen LogP contribution in [0.5, 0.6) is 0 Å². The summed E-state index contributed by atoms with van der Waals surface area (Å²) in [5, 5.41) is 6.17. The molecule has 0 bridgehead atoms. The Morgan fingerprint density at radius 3 is 2.90 bits per heavy atom. The molecule has 1 saturated heterocycles. The Hall–Kier alpha value is -1.13. The molecule has 1 heterocycles. The standard InChI is InChI=1S/C15H21FN2O.ClH/c1-11-10-13(16)6-5-12(11)7-9-18-15(19)14-4-2-3-8-17-14;/h5-6,10,14,17H,2-4,7-9H2,1H3,(H,18,19);1H/t14-;/m0./s1. The molecule has 1 aromatic carbocycles. The van der Waals surface area contributed by atoms with Gasteiger partial charge >= 0.3 is 0 Å². The maximum Gasteiger partial charge on any atom is 0.237 e. The maximum absolute atomic E-state index is 13.0. The van der Waals surface area contributed by atoms with Gasteiger partial charge < -0.3 is 10.6 Å². The number of hydrogen-bond donors (Lipinski definition) is 2. The zero-order chi connectivity index (χ0) is 13.7. The van der Waals surface area contributed by atoms with Crippen LogP contribution in [0.1, 0.15) is 30.4 Å². The summed E-state index contributed by atoms with van der Waals surface area (Å²) < 4.78 is 13.0. The van der Waals surface area contributed by atoms with Crippen molar-refractivity contribution in [2.24, 2.45) is 0 Å². The number of amides is 1. The Morgan fingerprint density at radius 1 is 1.45 bits per heavy atom. The summed E-state index contributed by atoms with van der Waals surface area (Å²) in [4.78, 5) is 11.9. The third-order valence-electron chi connectivity index (χ3n) is 3.63. The van der Waals surface area contributed by atoms with Crippen molar-refractivity contribution in [1.29, 1.82) is 0 Å². The van der Waals surface area contributed by atoms with Gasteiger partial charge in [-0.05, 0) is 56.0 Å². The van der Waals surface area contributed by atoms with E-state index < -0.39 is 0 Å². The van der Waals surface area contributed by atoms with Crippen LogP contribution in [0.25, 0.3) is 0 Å². The van der Waals surface area contributed by atoms with Crippen molar-refractivity contribution >= 4 is 18.3 Å². The highest BCUT2D eigenvalue weighted by atomic mass is 35.5. The normalized spacial score (nSPS) is 18.2. The largest absolute Gasteiger partial charge is 0.354 e. The van der Waals surface area contributed by atoms with Gasteiger partial charge in [-0.2, -0.15) is 0 Å². The van der Waals surface area contributed by atoms with Gasteiger partial charge in [-0.25, -0.2) is 4.39 Å². The van der Waals surface area contributed by atoms with E-state index in [1.807, 2.05) is 6.92 Å². The van der Waals surface area contributed by atoms with Crippen LogP contribution in [-0.4, -0.2) is 25.0 Å². The van der Waals surface area contributed by atoms with E-state index in [1.165, 1.54) is 12.1 Å². The summed E-state index contributed by atoms with van der Waals surface area (Å²) in [5.74, 6) is -0.129. The maximum atomic E-state index is 13.0. The fraction of sp³-hybridized carbons (Fsp3) is 0.533. The van der Waals surface area contributed by atoms with Gasteiger partial charge in [-0.15, -0.1) is 12.4 Å². The van der Waals surface area contributed by atoms with Crippen molar-refractivity contribution < 1.29 is 9.18 Å². The zero-order valence-electron chi connectivity index (χ0n) is 11.7. The number of carbonyl (C=O) groups excluding carboxylic acids is 1. The minimum absolute atomic E-state index is 0. The first-order chi connectivity index (χ1) is 9.16. The number of piperidine rings is 1. The summed E-state index contributed by atoms with van der Waals surface area (Å²) in [5.41, 5.74) is 2.02. The average molecular weight is 301 g/mol. The summed E-state index contributed by atoms with van der Waals surface area (Å²) >= 11 is 0. The topological polar surface area (TPSA) is 41.1 Å². The Balaban J connectivity index is 0.00000200. The molecule has 0 saturated carbocycles. The first kappa shape index (κ1) is 16.9. The molecule has 1 atom stereocenters. The quantitative estimate of drug-likeness (QED) is 0.896. The predicted octanol–water partition coefficient (Wildman–Crippen LogP) is 2.36. The van der Waals surface area contributed by atoms with Gasteiger partial charge in [0, 0.05) is 6.54 Å². The number of halogens is 2. The van der Waals surface area contributed by atoms with E-state index in [1.54, 1.807) is 6.07 Å². The fourth-order valence-corrected chi connectivity index (χ4v) is 2.46. The van der Waals surface area contributed by atoms with Crippen LogP contribution in [0.4, 0.5) is 4.39 Å². The van der Waals surface area contributed by atoms with Gasteiger partial charge in [0.05, 0.1) is 6.04 Å². The van der Waals surface area contributed by atoms with Crippen LogP contribution < -0.4 is 10.6 Å². The van der Waals surface area contributed by atoms with Crippen molar-refractivity contribution in [3.8, 4) is 0 Å². The summed E-state index contributed by atoms with van der Waals surface area (Å²) in [6.45, 7) is 3.42. The number of aryl methyl sites for hydroxylation is 1. The zero-order valence-corrected chi connectivity index (χ0v) is 12.6. The molecule has 1 aliphatic heterocycles. The molecule has 0 aromatic heterocycles. The molecule has 2 rings (SSSR count). The second-order valence-corrected chi connectivity index (χ2v) is 5.11. The molecular formula is C15H22ClFN2O. The van der Waals surface area contributed by atoms with E-state index in [0.29, 0.717) is 6.54 Å². The first-order valence-corrected chi connectivity index (χ1v) is 6.93. The molecule has 0 aliphatic carbocycles. The van der Waals surface area contributed by atoms with Crippen molar-refractivity contribution in [2.75, 3.05) is 13.1 Å². The molecular weight excluding hydrogens is 279 g/mol. The second kappa shape index (κ2) is 8.22. The third kappa shape index (κ3) is 4.76. The molecule has 0 radical (unpaired) electrons. The SMILES string of the molecule is Cc1cc(F)ccc1CCNC(=O)[C@@H]1CCCCN1.Cl. The molecule has 1 fully saturated rings. The molecule has 5 heteroatoms. The lowest BCUT2D eigenvalue weighted by atomic mass is 10.0. The van der Waals surface area contributed by atoms with Crippen LogP contribution in [0.15, 0.2) is 18.2 Å². The molecule has 3 nitrogen and oxygen atoms in total. The number of hydrogen-bond acceptors (Lipinski definition) is 2. The van der Waals surface area contributed by atoms with Crippen molar-refractivity contribution in [1.82, 2.24) is 10.6 Å². The monoisotopic (exact) mass is 300 g/mol. The Morgan fingerprint density at radius 2 is 2.25 bits per heavy atom. The highest BCUT2D eigenvalue weighted by Crippen LogP contribution is 2.10. The van der Waals surface area contributed by atoms with E-state index in [4.69, 9.17) is 0 Å². The van der Waals surface area contributed by atoms with Crippen LogP contribution in [0.2, 0.25) is 0 Å². The highest BCUT2D eigenvalue weighted by Gasteiger charge is 2.19. The van der Waals surface area contributed by atoms with E-state index in [0.717, 1.165) is 43.4 Å². The average Bonchev–Trinajstić information content (AvgIpc) is 2.42. The van der Waals surface area contributed by atoms with E-state index in [-0.39, 0.29) is 30.2 Å². The molecule has 1 aromatic rings. The lowest BCUT2D eigenvalue weighted by molar-refractivity contribution is -0.123. The molecule has 0 unspecified atom stereocenters. The van der Waals surface area contributed by atoms with Crippen molar-refractivity contribution in [3.05, 3.63) is 35.1 Å². The van der Waals surface area contributed by atoms with Gasteiger partial charge in [0.15, 0.2) is 0 Å². The highest BCUT2D eigenvalue weighted by molar-refractivity contribution is 5.85. The molecule has 1 aliphatic rings. The minimum atomic E-state index is -0.211. The summed E-state index contributed by atoms with van der Waals surface area (Å²) in [6, 6.07) is 4.74. The molecule has 1 amide bonds. The van der Waals surface area contributed by atoms with E-state index >= 15 is 0 Å². The van der Waals surface area contributed by atoms with Crippen LogP contribution >= 0.6 is 12.4 Å². The van der Waals surface area contributed by atoms with Crippen LogP contribution in [-0.2, 0) is 11.2 Å². The summed E-state index contributed by atoms with van der Waals surface area (Å²) in [6.07, 6.45) is 3.92. The van der Waals surface area contributed by atoms with Gasteiger partial charge in [-0.3, -0.25) is 4.79 Å². The van der Waals surface area contributed by atoms with Crippen molar-refractivity contribution in [3.63, 3.8) is 0 Å². The second-order valence-electron chi connectivity index (χ2n) is 5.11. The van der Waals surface area contributed by atoms with Gasteiger partial charge in [0.25, 0.3) is 0 Å². The molecule has 20 heavy (non-hydrogen) atoms. The molecule has 2 N–H and O–H groups in total. The number of carbonyl (C=O) groups is 1. The fourth-order valence-electron chi connectivity index (χ4n) is 2.46. The molecule has 0 spiro atoms.